The fraction of sp³-hybridized carbons (Fsp3) is 0.636. The molecular formula is C11H18N4O. The van der Waals surface area contributed by atoms with E-state index in [-0.39, 0.29) is 6.10 Å². The van der Waals surface area contributed by atoms with E-state index in [1.165, 1.54) is 0 Å². The molecule has 0 atom stereocenters. The Balaban J connectivity index is 1.88. The average Bonchev–Trinajstić information content (AvgIpc) is 2.33. The summed E-state index contributed by atoms with van der Waals surface area (Å²) in [6.07, 6.45) is 5.70. The van der Waals surface area contributed by atoms with Gasteiger partial charge in [-0.15, -0.1) is 0 Å². The van der Waals surface area contributed by atoms with Crippen molar-refractivity contribution in [1.82, 2.24) is 14.9 Å². The summed E-state index contributed by atoms with van der Waals surface area (Å²) in [5.41, 5.74) is 6.24. The van der Waals surface area contributed by atoms with Gasteiger partial charge in [0.2, 0.25) is 5.88 Å². The van der Waals surface area contributed by atoms with Crippen molar-refractivity contribution >= 4 is 0 Å². The lowest BCUT2D eigenvalue weighted by Gasteiger charge is -2.28. The van der Waals surface area contributed by atoms with Crippen LogP contribution in [0.25, 0.3) is 0 Å². The molecule has 5 heteroatoms. The van der Waals surface area contributed by atoms with Crippen LogP contribution in [-0.4, -0.2) is 41.1 Å². The molecule has 2 N–H and O–H groups in total. The SMILES string of the molecule is CN1CCC(Oc2cnc(CN)cn2)CC1. The molecule has 1 aromatic heterocycles. The van der Waals surface area contributed by atoms with Crippen LogP contribution in [0.1, 0.15) is 18.5 Å². The van der Waals surface area contributed by atoms with Gasteiger partial charge >= 0.3 is 0 Å². The van der Waals surface area contributed by atoms with Gasteiger partial charge in [-0.3, -0.25) is 4.98 Å². The molecule has 0 unspecified atom stereocenters. The first-order valence-electron chi connectivity index (χ1n) is 5.64. The number of likely N-dealkylation sites (tertiary alicyclic amines) is 1. The Morgan fingerprint density at radius 2 is 2.12 bits per heavy atom. The third-order valence-electron chi connectivity index (χ3n) is 2.84. The Labute approximate surface area is 95.6 Å². The van der Waals surface area contributed by atoms with Crippen LogP contribution < -0.4 is 10.5 Å². The maximum atomic E-state index is 5.76. The Bertz CT molecular complexity index is 319. The Morgan fingerprint density at radius 1 is 1.38 bits per heavy atom. The first-order valence-corrected chi connectivity index (χ1v) is 5.64. The molecule has 2 rings (SSSR count). The number of hydrogen-bond acceptors (Lipinski definition) is 5. The molecule has 1 aromatic rings. The van der Waals surface area contributed by atoms with Crippen molar-refractivity contribution in [3.8, 4) is 5.88 Å². The van der Waals surface area contributed by atoms with Gasteiger partial charge in [0.05, 0.1) is 18.1 Å². The van der Waals surface area contributed by atoms with Gasteiger partial charge in [-0.25, -0.2) is 4.98 Å². The summed E-state index contributed by atoms with van der Waals surface area (Å²) >= 11 is 0. The first kappa shape index (κ1) is 11.3. The van der Waals surface area contributed by atoms with E-state index < -0.39 is 0 Å². The predicted molar refractivity (Wildman–Crippen MR) is 61.1 cm³/mol. The van der Waals surface area contributed by atoms with Gasteiger partial charge in [-0.2, -0.15) is 0 Å². The summed E-state index contributed by atoms with van der Waals surface area (Å²) in [5, 5.41) is 0. The standard InChI is InChI=1S/C11H18N4O/c1-15-4-2-10(3-5-15)16-11-8-13-9(6-12)7-14-11/h7-8,10H,2-6,12H2,1H3. The summed E-state index contributed by atoms with van der Waals surface area (Å²) in [7, 11) is 2.13. The van der Waals surface area contributed by atoms with Gasteiger partial charge in [0.15, 0.2) is 0 Å². The lowest BCUT2D eigenvalue weighted by Crippen LogP contribution is -2.35. The lowest BCUT2D eigenvalue weighted by atomic mass is 10.1. The minimum Gasteiger partial charge on any atom is -0.473 e. The van der Waals surface area contributed by atoms with Crippen LogP contribution in [0.3, 0.4) is 0 Å². The summed E-state index contributed by atoms with van der Waals surface area (Å²) in [4.78, 5) is 10.6. The predicted octanol–water partition coefficient (Wildman–Crippen LogP) is 0.408. The fourth-order valence-corrected chi connectivity index (χ4v) is 1.78. The third-order valence-corrected chi connectivity index (χ3v) is 2.84. The molecule has 1 saturated heterocycles. The molecular weight excluding hydrogens is 204 g/mol. The highest BCUT2D eigenvalue weighted by Crippen LogP contribution is 2.15. The lowest BCUT2D eigenvalue weighted by molar-refractivity contribution is 0.109. The molecule has 88 valence electrons. The van der Waals surface area contributed by atoms with E-state index in [0.29, 0.717) is 12.4 Å². The zero-order chi connectivity index (χ0) is 11.4. The number of ether oxygens (including phenoxy) is 1. The van der Waals surface area contributed by atoms with Crippen LogP contribution in [0.2, 0.25) is 0 Å². The summed E-state index contributed by atoms with van der Waals surface area (Å²) < 4.78 is 5.76. The average molecular weight is 222 g/mol. The first-order chi connectivity index (χ1) is 7.78. The highest BCUT2D eigenvalue weighted by molar-refractivity contribution is 5.07. The molecule has 2 heterocycles. The number of nitrogens with zero attached hydrogens (tertiary/aromatic N) is 3. The van der Waals surface area contributed by atoms with E-state index in [1.54, 1.807) is 12.4 Å². The summed E-state index contributed by atoms with van der Waals surface area (Å²) in [5.74, 6) is 0.603. The minimum atomic E-state index is 0.272. The molecule has 0 aromatic carbocycles. The Kier molecular flexibility index (Phi) is 3.69. The quantitative estimate of drug-likeness (QED) is 0.802. The third kappa shape index (κ3) is 2.90. The minimum absolute atomic E-state index is 0.272. The number of piperidine rings is 1. The zero-order valence-corrected chi connectivity index (χ0v) is 9.59. The largest absolute Gasteiger partial charge is 0.473 e. The van der Waals surface area contributed by atoms with E-state index in [9.17, 15) is 0 Å². The van der Waals surface area contributed by atoms with Crippen molar-refractivity contribution in [2.45, 2.75) is 25.5 Å². The van der Waals surface area contributed by atoms with Crippen LogP contribution in [0.15, 0.2) is 12.4 Å². The van der Waals surface area contributed by atoms with Gasteiger partial charge in [-0.05, 0) is 19.9 Å². The molecule has 1 fully saturated rings. The number of aromatic nitrogens is 2. The molecule has 0 aliphatic carbocycles. The van der Waals surface area contributed by atoms with E-state index in [2.05, 4.69) is 21.9 Å². The van der Waals surface area contributed by atoms with Gasteiger partial charge in [0, 0.05) is 19.6 Å². The van der Waals surface area contributed by atoms with Crippen molar-refractivity contribution in [2.24, 2.45) is 5.73 Å². The van der Waals surface area contributed by atoms with E-state index in [0.717, 1.165) is 31.6 Å². The molecule has 0 saturated carbocycles. The van der Waals surface area contributed by atoms with Crippen molar-refractivity contribution in [3.05, 3.63) is 18.1 Å². The molecule has 0 spiro atoms. The van der Waals surface area contributed by atoms with Crippen molar-refractivity contribution in [3.63, 3.8) is 0 Å². The van der Waals surface area contributed by atoms with Crippen LogP contribution in [-0.2, 0) is 6.54 Å². The molecule has 5 nitrogen and oxygen atoms in total. The molecule has 1 aliphatic heterocycles. The number of nitrogens with two attached hydrogens (primary N) is 1. The van der Waals surface area contributed by atoms with E-state index in [1.807, 2.05) is 0 Å². The second-order valence-corrected chi connectivity index (χ2v) is 4.17. The molecule has 1 aliphatic rings. The topological polar surface area (TPSA) is 64.3 Å². The zero-order valence-electron chi connectivity index (χ0n) is 9.59. The molecule has 16 heavy (non-hydrogen) atoms. The van der Waals surface area contributed by atoms with E-state index >= 15 is 0 Å². The second kappa shape index (κ2) is 5.23. The van der Waals surface area contributed by atoms with Gasteiger partial charge in [0.25, 0.3) is 0 Å². The Morgan fingerprint density at radius 3 is 2.69 bits per heavy atom. The van der Waals surface area contributed by atoms with Crippen LogP contribution in [0.5, 0.6) is 5.88 Å². The van der Waals surface area contributed by atoms with Crippen LogP contribution in [0.4, 0.5) is 0 Å². The van der Waals surface area contributed by atoms with Gasteiger partial charge in [-0.1, -0.05) is 0 Å². The smallest absolute Gasteiger partial charge is 0.232 e. The highest BCUT2D eigenvalue weighted by Gasteiger charge is 2.18. The van der Waals surface area contributed by atoms with E-state index in [4.69, 9.17) is 10.5 Å². The molecule has 0 amide bonds. The van der Waals surface area contributed by atoms with Crippen LogP contribution >= 0.6 is 0 Å². The van der Waals surface area contributed by atoms with Crippen LogP contribution in [0, 0.1) is 0 Å². The normalized spacial score (nSPS) is 18.6. The number of rotatable bonds is 3. The molecule has 0 radical (unpaired) electrons. The van der Waals surface area contributed by atoms with Crippen molar-refractivity contribution in [1.29, 1.82) is 0 Å². The highest BCUT2D eigenvalue weighted by atomic mass is 16.5. The van der Waals surface area contributed by atoms with Gasteiger partial charge in [0.1, 0.15) is 6.10 Å². The maximum Gasteiger partial charge on any atom is 0.232 e. The van der Waals surface area contributed by atoms with Gasteiger partial charge < -0.3 is 15.4 Å². The summed E-state index contributed by atoms with van der Waals surface area (Å²) in [6.45, 7) is 2.58. The second-order valence-electron chi connectivity index (χ2n) is 4.17. The van der Waals surface area contributed by atoms with Crippen molar-refractivity contribution in [2.75, 3.05) is 20.1 Å². The fourth-order valence-electron chi connectivity index (χ4n) is 1.78. The Hall–Kier alpha value is -1.20. The van der Waals surface area contributed by atoms with Crippen molar-refractivity contribution < 1.29 is 4.74 Å². The monoisotopic (exact) mass is 222 g/mol. The number of hydrogen-bond donors (Lipinski definition) is 1. The summed E-state index contributed by atoms with van der Waals surface area (Å²) in [6, 6.07) is 0. The molecule has 0 bridgehead atoms. The maximum absolute atomic E-state index is 5.76.